The summed E-state index contributed by atoms with van der Waals surface area (Å²) in [5.74, 6) is 0.100. The lowest BCUT2D eigenvalue weighted by Crippen LogP contribution is -2.53. The Balaban J connectivity index is 2.60. The smallest absolute Gasteiger partial charge is 0.239 e. The predicted octanol–water partition coefficient (Wildman–Crippen LogP) is 0.290. The minimum Gasteiger partial charge on any atom is -0.338 e. The standard InChI is InChI=1S/C13H27N3O3S/c1-10(2)12(14)13(17)16-9-5-4-6-11(16)7-8-15-20(3,18)19/h10-12,15H,4-9,14H2,1-3H3/t11?,12-/m1/s1. The van der Waals surface area contributed by atoms with E-state index in [-0.39, 0.29) is 17.9 Å². The normalized spacial score (nSPS) is 22.1. The van der Waals surface area contributed by atoms with Gasteiger partial charge in [0, 0.05) is 19.1 Å². The van der Waals surface area contributed by atoms with Crippen molar-refractivity contribution in [2.75, 3.05) is 19.3 Å². The number of carbonyl (C=O) groups excluding carboxylic acids is 1. The van der Waals surface area contributed by atoms with Crippen LogP contribution in [0.15, 0.2) is 0 Å². The van der Waals surface area contributed by atoms with E-state index in [0.717, 1.165) is 32.1 Å². The molecule has 0 aromatic carbocycles. The third kappa shape index (κ3) is 5.38. The number of rotatable bonds is 6. The van der Waals surface area contributed by atoms with Crippen LogP contribution in [0.1, 0.15) is 39.5 Å². The molecule has 20 heavy (non-hydrogen) atoms. The number of nitrogens with two attached hydrogens (primary N) is 1. The van der Waals surface area contributed by atoms with Gasteiger partial charge in [-0.2, -0.15) is 0 Å². The summed E-state index contributed by atoms with van der Waals surface area (Å²) in [6.07, 6.45) is 4.77. The first kappa shape index (κ1) is 17.4. The number of nitrogens with one attached hydrogen (secondary N) is 1. The predicted molar refractivity (Wildman–Crippen MR) is 79.6 cm³/mol. The minimum atomic E-state index is -3.17. The molecule has 1 unspecified atom stereocenters. The summed E-state index contributed by atoms with van der Waals surface area (Å²) >= 11 is 0. The van der Waals surface area contributed by atoms with Crippen LogP contribution in [0.5, 0.6) is 0 Å². The highest BCUT2D eigenvalue weighted by Crippen LogP contribution is 2.21. The van der Waals surface area contributed by atoms with Gasteiger partial charge < -0.3 is 10.6 Å². The Morgan fingerprint density at radius 3 is 2.60 bits per heavy atom. The van der Waals surface area contributed by atoms with Crippen molar-refractivity contribution in [2.24, 2.45) is 11.7 Å². The number of nitrogens with zero attached hydrogens (tertiary/aromatic N) is 1. The summed E-state index contributed by atoms with van der Waals surface area (Å²) in [6, 6.07) is -0.381. The summed E-state index contributed by atoms with van der Waals surface area (Å²) < 4.78 is 24.6. The fraction of sp³-hybridized carbons (Fsp3) is 0.923. The third-order valence-corrected chi connectivity index (χ3v) is 4.48. The van der Waals surface area contributed by atoms with E-state index in [1.807, 2.05) is 18.7 Å². The quantitative estimate of drug-likeness (QED) is 0.737. The third-order valence-electron chi connectivity index (χ3n) is 3.76. The van der Waals surface area contributed by atoms with E-state index in [0.29, 0.717) is 13.0 Å². The van der Waals surface area contributed by atoms with Crippen molar-refractivity contribution in [2.45, 2.75) is 51.6 Å². The van der Waals surface area contributed by atoms with Crippen LogP contribution in [0.3, 0.4) is 0 Å². The Labute approximate surface area is 122 Å². The number of hydrogen-bond donors (Lipinski definition) is 2. The number of carbonyl (C=O) groups is 1. The van der Waals surface area contributed by atoms with Gasteiger partial charge in [-0.25, -0.2) is 13.1 Å². The number of amides is 1. The van der Waals surface area contributed by atoms with Gasteiger partial charge in [0.1, 0.15) is 0 Å². The molecule has 1 aliphatic heterocycles. The molecule has 1 rings (SSSR count). The first-order valence-electron chi connectivity index (χ1n) is 7.23. The molecule has 0 aliphatic carbocycles. The fourth-order valence-corrected chi connectivity index (χ4v) is 2.97. The number of sulfonamides is 1. The van der Waals surface area contributed by atoms with Crippen LogP contribution in [0.25, 0.3) is 0 Å². The lowest BCUT2D eigenvalue weighted by molar-refractivity contribution is -0.137. The summed E-state index contributed by atoms with van der Waals surface area (Å²) in [6.45, 7) is 4.96. The Morgan fingerprint density at radius 2 is 2.05 bits per heavy atom. The molecule has 0 saturated carbocycles. The molecule has 1 heterocycles. The van der Waals surface area contributed by atoms with Crippen LogP contribution in [0, 0.1) is 5.92 Å². The number of likely N-dealkylation sites (tertiary alicyclic amines) is 1. The second kappa shape index (κ2) is 7.38. The molecule has 3 N–H and O–H groups in total. The highest BCUT2D eigenvalue weighted by molar-refractivity contribution is 7.88. The lowest BCUT2D eigenvalue weighted by atomic mass is 9.96. The monoisotopic (exact) mass is 305 g/mol. The molecular formula is C13H27N3O3S. The van der Waals surface area contributed by atoms with Gasteiger partial charge in [-0.3, -0.25) is 4.79 Å². The maximum atomic E-state index is 12.4. The molecule has 0 bridgehead atoms. The van der Waals surface area contributed by atoms with Gasteiger partial charge in [0.2, 0.25) is 15.9 Å². The van der Waals surface area contributed by atoms with E-state index in [4.69, 9.17) is 5.73 Å². The Kier molecular flexibility index (Phi) is 6.42. The second-order valence-electron chi connectivity index (χ2n) is 5.91. The van der Waals surface area contributed by atoms with Crippen molar-refractivity contribution in [1.82, 2.24) is 9.62 Å². The molecule has 6 nitrogen and oxygen atoms in total. The van der Waals surface area contributed by atoms with Crippen LogP contribution in [0.2, 0.25) is 0 Å². The topological polar surface area (TPSA) is 92.5 Å². The van der Waals surface area contributed by atoms with E-state index in [9.17, 15) is 13.2 Å². The SMILES string of the molecule is CC(C)[C@@H](N)C(=O)N1CCCCC1CCNS(C)(=O)=O. The Hall–Kier alpha value is -0.660. The van der Waals surface area contributed by atoms with E-state index in [1.165, 1.54) is 0 Å². The number of hydrogen-bond acceptors (Lipinski definition) is 4. The van der Waals surface area contributed by atoms with Crippen molar-refractivity contribution < 1.29 is 13.2 Å². The molecule has 0 aromatic heterocycles. The molecule has 1 saturated heterocycles. The minimum absolute atomic E-state index is 0.0101. The van der Waals surface area contributed by atoms with Crippen molar-refractivity contribution in [3.8, 4) is 0 Å². The van der Waals surface area contributed by atoms with Gasteiger partial charge in [0.25, 0.3) is 0 Å². The van der Waals surface area contributed by atoms with E-state index < -0.39 is 16.1 Å². The first-order valence-corrected chi connectivity index (χ1v) is 9.12. The van der Waals surface area contributed by atoms with E-state index in [2.05, 4.69) is 4.72 Å². The van der Waals surface area contributed by atoms with Crippen molar-refractivity contribution in [3.05, 3.63) is 0 Å². The molecule has 1 aliphatic rings. The van der Waals surface area contributed by atoms with E-state index in [1.54, 1.807) is 0 Å². The summed E-state index contributed by atoms with van der Waals surface area (Å²) in [5.41, 5.74) is 5.95. The zero-order chi connectivity index (χ0) is 15.3. The van der Waals surface area contributed by atoms with Crippen LogP contribution >= 0.6 is 0 Å². The van der Waals surface area contributed by atoms with Crippen LogP contribution in [0.4, 0.5) is 0 Å². The molecule has 0 spiro atoms. The summed E-state index contributed by atoms with van der Waals surface area (Å²) in [5, 5.41) is 0. The largest absolute Gasteiger partial charge is 0.338 e. The van der Waals surface area contributed by atoms with Crippen molar-refractivity contribution in [3.63, 3.8) is 0 Å². The second-order valence-corrected chi connectivity index (χ2v) is 7.74. The Bertz CT molecular complexity index is 423. The van der Waals surface area contributed by atoms with Gasteiger partial charge in [-0.15, -0.1) is 0 Å². The fourth-order valence-electron chi connectivity index (χ4n) is 2.48. The van der Waals surface area contributed by atoms with Gasteiger partial charge in [0.05, 0.1) is 12.3 Å². The van der Waals surface area contributed by atoms with Gasteiger partial charge >= 0.3 is 0 Å². The highest BCUT2D eigenvalue weighted by Gasteiger charge is 2.30. The van der Waals surface area contributed by atoms with Gasteiger partial charge in [-0.05, 0) is 31.6 Å². The van der Waals surface area contributed by atoms with Gasteiger partial charge in [0.15, 0.2) is 0 Å². The van der Waals surface area contributed by atoms with Gasteiger partial charge in [-0.1, -0.05) is 13.8 Å². The zero-order valence-corrected chi connectivity index (χ0v) is 13.4. The van der Waals surface area contributed by atoms with Crippen molar-refractivity contribution >= 4 is 15.9 Å². The maximum Gasteiger partial charge on any atom is 0.239 e. The average Bonchev–Trinajstić information content (AvgIpc) is 2.36. The molecular weight excluding hydrogens is 278 g/mol. The molecule has 0 radical (unpaired) electrons. The van der Waals surface area contributed by atoms with E-state index >= 15 is 0 Å². The summed E-state index contributed by atoms with van der Waals surface area (Å²) in [4.78, 5) is 14.2. The first-order chi connectivity index (χ1) is 9.22. The molecule has 2 atom stereocenters. The zero-order valence-electron chi connectivity index (χ0n) is 12.6. The average molecular weight is 305 g/mol. The lowest BCUT2D eigenvalue weighted by Gasteiger charge is -2.38. The van der Waals surface area contributed by atoms with Crippen LogP contribution in [-0.4, -0.2) is 50.7 Å². The Morgan fingerprint density at radius 1 is 1.40 bits per heavy atom. The molecule has 1 amide bonds. The van der Waals surface area contributed by atoms with Crippen molar-refractivity contribution in [1.29, 1.82) is 0 Å². The molecule has 0 aromatic rings. The number of piperidine rings is 1. The maximum absolute atomic E-state index is 12.4. The molecule has 7 heteroatoms. The molecule has 1 fully saturated rings. The van der Waals surface area contributed by atoms with Crippen LogP contribution < -0.4 is 10.5 Å². The summed E-state index contributed by atoms with van der Waals surface area (Å²) in [7, 11) is -3.17. The molecule has 118 valence electrons. The van der Waals surface area contributed by atoms with Crippen LogP contribution in [-0.2, 0) is 14.8 Å². The highest BCUT2D eigenvalue weighted by atomic mass is 32.2.